The van der Waals surface area contributed by atoms with Crippen LogP contribution < -0.4 is 0 Å². The van der Waals surface area contributed by atoms with Crippen LogP contribution in [-0.2, 0) is 23.9 Å². The minimum Gasteiger partial charge on any atom is -0.459 e. The van der Waals surface area contributed by atoms with Crippen molar-refractivity contribution in [1.82, 2.24) is 0 Å². The summed E-state index contributed by atoms with van der Waals surface area (Å²) >= 11 is 0. The average molecular weight is 381 g/mol. The molecule has 2 bridgehead atoms. The quantitative estimate of drug-likeness (QED) is 0.630. The topological polar surface area (TPSA) is 69.7 Å². The predicted molar refractivity (Wildman–Crippen MR) is 103 cm³/mol. The fourth-order valence-electron chi connectivity index (χ4n) is 4.18. The zero-order valence-corrected chi connectivity index (χ0v) is 18.1. The minimum atomic E-state index is -0.822. The number of carbonyl (C=O) groups excluding carboxylic acids is 3. The van der Waals surface area contributed by atoms with E-state index in [0.29, 0.717) is 44.9 Å². The van der Waals surface area contributed by atoms with Crippen molar-refractivity contribution >= 4 is 17.7 Å². The van der Waals surface area contributed by atoms with Gasteiger partial charge >= 0.3 is 11.9 Å². The van der Waals surface area contributed by atoms with Crippen molar-refractivity contribution in [3.8, 4) is 0 Å². The van der Waals surface area contributed by atoms with Gasteiger partial charge in [0.2, 0.25) is 0 Å². The van der Waals surface area contributed by atoms with Crippen LogP contribution in [0.2, 0.25) is 0 Å². The van der Waals surface area contributed by atoms with Crippen molar-refractivity contribution in [3.63, 3.8) is 0 Å². The molecule has 0 heterocycles. The maximum Gasteiger partial charge on any atom is 0.312 e. The lowest BCUT2D eigenvalue weighted by molar-refractivity contribution is -0.197. The normalized spacial score (nSPS) is 31.4. The van der Waals surface area contributed by atoms with Crippen LogP contribution in [0.1, 0.15) is 93.4 Å². The number of hydrogen-bond donors (Lipinski definition) is 0. The number of ketones is 1. The Balaban J connectivity index is 2.29. The van der Waals surface area contributed by atoms with Gasteiger partial charge in [-0.3, -0.25) is 14.4 Å². The number of carbonyl (C=O) groups is 3. The summed E-state index contributed by atoms with van der Waals surface area (Å²) < 4.78 is 11.8. The number of ether oxygens (including phenoxy) is 2. The number of rotatable bonds is 6. The van der Waals surface area contributed by atoms with E-state index in [1.165, 1.54) is 0 Å². The number of esters is 2. The summed E-state index contributed by atoms with van der Waals surface area (Å²) in [6, 6.07) is 0. The van der Waals surface area contributed by atoms with Crippen LogP contribution >= 0.6 is 0 Å². The highest BCUT2D eigenvalue weighted by Crippen LogP contribution is 2.53. The lowest BCUT2D eigenvalue weighted by atomic mass is 9.57. The molecule has 0 aromatic carbocycles. The molecule has 2 rings (SSSR count). The molecule has 0 amide bonds. The molecule has 0 N–H and O–H groups in total. The third-order valence-electron chi connectivity index (χ3n) is 6.76. The zero-order chi connectivity index (χ0) is 20.7. The van der Waals surface area contributed by atoms with Crippen LogP contribution in [0.15, 0.2) is 0 Å². The summed E-state index contributed by atoms with van der Waals surface area (Å²) in [6.07, 6.45) is 3.69. The summed E-state index contributed by atoms with van der Waals surface area (Å²) in [6.45, 7) is 13.3. The van der Waals surface area contributed by atoms with Gasteiger partial charge in [-0.05, 0) is 66.7 Å². The highest BCUT2D eigenvalue weighted by molar-refractivity contribution is 5.87. The first-order valence-corrected chi connectivity index (χ1v) is 10.3. The molecular weight excluding hydrogens is 344 g/mol. The predicted octanol–water partition coefficient (Wildman–Crippen LogP) is 4.61. The van der Waals surface area contributed by atoms with Gasteiger partial charge in [0.1, 0.15) is 17.0 Å². The van der Waals surface area contributed by atoms with Crippen LogP contribution in [0.3, 0.4) is 0 Å². The van der Waals surface area contributed by atoms with Crippen molar-refractivity contribution in [2.75, 3.05) is 0 Å². The number of fused-ring (bicyclic) bond motifs is 2. The number of hydrogen-bond acceptors (Lipinski definition) is 5. The fraction of sp³-hybridized carbons (Fsp3) is 0.864. The minimum absolute atomic E-state index is 0.171. The van der Waals surface area contributed by atoms with Gasteiger partial charge in [0.25, 0.3) is 0 Å². The standard InChI is InChI=1S/C22H36O5/c1-8-19(3,4)17(24)27-21(7)12-15-13-22(14-21,11-10-16(15)23)18(25)26-20(5,6)9-2/h15H,8-14H2,1-7H3. The first-order valence-electron chi connectivity index (χ1n) is 10.3. The van der Waals surface area contributed by atoms with E-state index in [4.69, 9.17) is 9.47 Å². The van der Waals surface area contributed by atoms with Crippen LogP contribution in [0, 0.1) is 16.7 Å². The van der Waals surface area contributed by atoms with Gasteiger partial charge in [0.05, 0.1) is 10.8 Å². The summed E-state index contributed by atoms with van der Waals surface area (Å²) in [4.78, 5) is 38.3. The molecule has 3 unspecified atom stereocenters. The molecule has 2 aliphatic carbocycles. The van der Waals surface area contributed by atoms with E-state index in [2.05, 4.69) is 0 Å². The lowest BCUT2D eigenvalue weighted by Gasteiger charge is -2.50. The van der Waals surface area contributed by atoms with Crippen molar-refractivity contribution in [3.05, 3.63) is 0 Å². The average Bonchev–Trinajstić information content (AvgIpc) is 2.57. The first-order chi connectivity index (χ1) is 12.3. The Bertz CT molecular complexity index is 620. The van der Waals surface area contributed by atoms with Crippen molar-refractivity contribution in [2.24, 2.45) is 16.7 Å². The van der Waals surface area contributed by atoms with Gasteiger partial charge in [0, 0.05) is 18.8 Å². The van der Waals surface area contributed by atoms with E-state index in [1.54, 1.807) is 0 Å². The fourth-order valence-corrected chi connectivity index (χ4v) is 4.18. The Morgan fingerprint density at radius 3 is 2.30 bits per heavy atom. The Morgan fingerprint density at radius 2 is 1.74 bits per heavy atom. The summed E-state index contributed by atoms with van der Waals surface area (Å²) in [5.74, 6) is -0.585. The first kappa shape index (κ1) is 21.9. The van der Waals surface area contributed by atoms with Gasteiger partial charge in [-0.1, -0.05) is 13.8 Å². The van der Waals surface area contributed by atoms with Crippen LogP contribution in [0.25, 0.3) is 0 Å². The van der Waals surface area contributed by atoms with Crippen LogP contribution in [0.4, 0.5) is 0 Å². The highest BCUT2D eigenvalue weighted by Gasteiger charge is 2.57. The summed E-state index contributed by atoms with van der Waals surface area (Å²) in [5.41, 5.74) is -2.69. The smallest absolute Gasteiger partial charge is 0.312 e. The molecule has 3 atom stereocenters. The SMILES string of the molecule is CCC(C)(C)OC(=O)C12CCC(=O)C(CC(C)(OC(=O)C(C)(C)CC)C1)C2. The van der Waals surface area contributed by atoms with E-state index in [1.807, 2.05) is 48.5 Å². The van der Waals surface area contributed by atoms with Crippen molar-refractivity contribution in [2.45, 2.75) is 105 Å². The van der Waals surface area contributed by atoms with E-state index >= 15 is 0 Å². The molecule has 0 aromatic rings. The van der Waals surface area contributed by atoms with Gasteiger partial charge in [-0.25, -0.2) is 0 Å². The van der Waals surface area contributed by atoms with Gasteiger partial charge in [0.15, 0.2) is 0 Å². The molecule has 0 radical (unpaired) electrons. The van der Waals surface area contributed by atoms with Crippen LogP contribution in [-0.4, -0.2) is 28.9 Å². The largest absolute Gasteiger partial charge is 0.459 e. The summed E-state index contributed by atoms with van der Waals surface area (Å²) in [5, 5.41) is 0. The van der Waals surface area contributed by atoms with Crippen molar-refractivity contribution < 1.29 is 23.9 Å². The molecule has 0 spiro atoms. The van der Waals surface area contributed by atoms with E-state index in [0.717, 1.165) is 0 Å². The second kappa shape index (κ2) is 7.21. The molecule has 2 fully saturated rings. The molecule has 2 aliphatic rings. The lowest BCUT2D eigenvalue weighted by Crippen LogP contribution is -2.55. The van der Waals surface area contributed by atoms with Crippen molar-refractivity contribution in [1.29, 1.82) is 0 Å². The van der Waals surface area contributed by atoms with Gasteiger partial charge in [-0.2, -0.15) is 0 Å². The van der Waals surface area contributed by atoms with E-state index in [-0.39, 0.29) is 23.6 Å². The summed E-state index contributed by atoms with van der Waals surface area (Å²) in [7, 11) is 0. The molecule has 5 nitrogen and oxygen atoms in total. The molecule has 27 heavy (non-hydrogen) atoms. The third kappa shape index (κ3) is 4.55. The Morgan fingerprint density at radius 1 is 1.11 bits per heavy atom. The zero-order valence-electron chi connectivity index (χ0n) is 18.1. The third-order valence-corrected chi connectivity index (χ3v) is 6.76. The molecule has 2 saturated carbocycles. The van der Waals surface area contributed by atoms with Gasteiger partial charge < -0.3 is 9.47 Å². The monoisotopic (exact) mass is 380 g/mol. The Hall–Kier alpha value is -1.39. The molecule has 0 aromatic heterocycles. The second-order valence-electron chi connectivity index (χ2n) is 10.1. The molecule has 0 saturated heterocycles. The highest BCUT2D eigenvalue weighted by atomic mass is 16.6. The van der Waals surface area contributed by atoms with Gasteiger partial charge in [-0.15, -0.1) is 0 Å². The Labute approximate surface area is 163 Å². The van der Waals surface area contributed by atoms with E-state index < -0.39 is 22.0 Å². The maximum atomic E-state index is 13.2. The van der Waals surface area contributed by atoms with Crippen LogP contribution in [0.5, 0.6) is 0 Å². The molecule has 0 aliphatic heterocycles. The molecular formula is C22H36O5. The maximum absolute atomic E-state index is 13.2. The Kier molecular flexibility index (Phi) is 5.85. The van der Waals surface area contributed by atoms with E-state index in [9.17, 15) is 14.4 Å². The molecule has 5 heteroatoms. The second-order valence-corrected chi connectivity index (χ2v) is 10.1. The molecule has 154 valence electrons. The number of Topliss-reactive ketones (excluding diaryl/α,β-unsaturated/α-hetero) is 1.